The SMILES string of the molecule is CC(=N)CC(=S)Nc1cc(NC(CC(C)C)C(N)=O)c(F)cc1C#N. The van der Waals surface area contributed by atoms with E-state index in [0.717, 1.165) is 6.07 Å². The van der Waals surface area contributed by atoms with Crippen molar-refractivity contribution in [2.75, 3.05) is 10.6 Å². The van der Waals surface area contributed by atoms with Crippen molar-refractivity contribution in [3.05, 3.63) is 23.5 Å². The van der Waals surface area contributed by atoms with Gasteiger partial charge in [-0.05, 0) is 31.4 Å². The van der Waals surface area contributed by atoms with Crippen molar-refractivity contribution >= 4 is 40.2 Å². The first-order valence-electron chi connectivity index (χ1n) is 7.77. The van der Waals surface area contributed by atoms with E-state index >= 15 is 0 Å². The number of hydrogen-bond acceptors (Lipinski definition) is 5. The first-order chi connectivity index (χ1) is 11.6. The zero-order valence-electron chi connectivity index (χ0n) is 14.4. The molecular formula is C17H22FN5OS. The molecule has 0 saturated carbocycles. The normalized spacial score (nSPS) is 11.5. The Bertz CT molecular complexity index is 726. The van der Waals surface area contributed by atoms with E-state index in [0.29, 0.717) is 22.8 Å². The van der Waals surface area contributed by atoms with Crippen LogP contribution in [0.4, 0.5) is 15.8 Å². The van der Waals surface area contributed by atoms with Crippen LogP contribution < -0.4 is 16.4 Å². The van der Waals surface area contributed by atoms with Gasteiger partial charge in [0.15, 0.2) is 0 Å². The van der Waals surface area contributed by atoms with Gasteiger partial charge in [-0.1, -0.05) is 26.1 Å². The molecule has 1 amide bonds. The smallest absolute Gasteiger partial charge is 0.239 e. The van der Waals surface area contributed by atoms with Gasteiger partial charge in [0.1, 0.15) is 17.9 Å². The Morgan fingerprint density at radius 2 is 2.08 bits per heavy atom. The fraction of sp³-hybridized carbons (Fsp3) is 0.412. The minimum absolute atomic E-state index is 0.0559. The Balaban J connectivity index is 3.14. The van der Waals surface area contributed by atoms with Crippen LogP contribution >= 0.6 is 12.2 Å². The van der Waals surface area contributed by atoms with Crippen molar-refractivity contribution in [2.45, 2.75) is 39.7 Å². The number of nitriles is 1. The molecule has 1 aromatic carbocycles. The summed E-state index contributed by atoms with van der Waals surface area (Å²) >= 11 is 5.13. The number of hydrogen-bond donors (Lipinski definition) is 4. The van der Waals surface area contributed by atoms with Crippen LogP contribution in [0.3, 0.4) is 0 Å². The molecule has 0 aromatic heterocycles. The summed E-state index contributed by atoms with van der Waals surface area (Å²) in [5, 5.41) is 22.3. The van der Waals surface area contributed by atoms with Gasteiger partial charge >= 0.3 is 0 Å². The monoisotopic (exact) mass is 363 g/mol. The van der Waals surface area contributed by atoms with E-state index in [4.69, 9.17) is 23.4 Å². The number of nitrogens with zero attached hydrogens (tertiary/aromatic N) is 1. The molecule has 134 valence electrons. The number of carbonyl (C=O) groups is 1. The first-order valence-corrected chi connectivity index (χ1v) is 8.18. The quantitative estimate of drug-likeness (QED) is 0.418. The third-order valence-corrected chi connectivity index (χ3v) is 3.55. The predicted octanol–water partition coefficient (Wildman–Crippen LogP) is 3.18. The van der Waals surface area contributed by atoms with E-state index in [1.54, 1.807) is 6.92 Å². The molecule has 0 spiro atoms. The van der Waals surface area contributed by atoms with Crippen LogP contribution in [0.15, 0.2) is 12.1 Å². The Kier molecular flexibility index (Phi) is 7.45. The molecule has 0 fully saturated rings. The van der Waals surface area contributed by atoms with E-state index in [9.17, 15) is 14.4 Å². The summed E-state index contributed by atoms with van der Waals surface area (Å²) in [5.74, 6) is -1.06. The highest BCUT2D eigenvalue weighted by atomic mass is 32.1. The lowest BCUT2D eigenvalue weighted by Crippen LogP contribution is -2.36. The maximum atomic E-state index is 14.3. The van der Waals surface area contributed by atoms with Crippen LogP contribution in [0.1, 0.15) is 39.2 Å². The number of nitrogens with one attached hydrogen (secondary N) is 3. The molecule has 0 aliphatic heterocycles. The van der Waals surface area contributed by atoms with Crippen LogP contribution in [0.25, 0.3) is 0 Å². The number of thiocarbonyl (C=S) groups is 1. The van der Waals surface area contributed by atoms with Crippen LogP contribution in [-0.2, 0) is 4.79 Å². The van der Waals surface area contributed by atoms with Crippen LogP contribution in [-0.4, -0.2) is 22.6 Å². The molecule has 0 heterocycles. The summed E-state index contributed by atoms with van der Waals surface area (Å²) in [6.07, 6.45) is 0.681. The number of halogens is 1. The van der Waals surface area contributed by atoms with Crippen molar-refractivity contribution in [1.29, 1.82) is 10.7 Å². The number of carbonyl (C=O) groups excluding carboxylic acids is 1. The summed E-state index contributed by atoms with van der Waals surface area (Å²) in [7, 11) is 0. The average molecular weight is 363 g/mol. The van der Waals surface area contributed by atoms with Crippen LogP contribution in [0.5, 0.6) is 0 Å². The molecule has 1 aromatic rings. The third-order valence-electron chi connectivity index (χ3n) is 3.31. The molecule has 1 unspecified atom stereocenters. The number of anilines is 2. The van der Waals surface area contributed by atoms with Gasteiger partial charge in [0.05, 0.1) is 21.9 Å². The van der Waals surface area contributed by atoms with Gasteiger partial charge in [0.2, 0.25) is 5.91 Å². The highest BCUT2D eigenvalue weighted by molar-refractivity contribution is 7.80. The Morgan fingerprint density at radius 3 is 2.56 bits per heavy atom. The second-order valence-corrected chi connectivity index (χ2v) is 6.72. The van der Waals surface area contributed by atoms with Crippen molar-refractivity contribution in [1.82, 2.24) is 0 Å². The standard InChI is InChI=1S/C17H22FN5OS/c1-9(2)4-15(17(21)24)22-14-7-13(11(8-19)6-12(14)18)23-16(25)5-10(3)20/h6-7,9,15,20,22H,4-5H2,1-3H3,(H2,21,24)(H,23,25). The summed E-state index contributed by atoms with van der Waals surface area (Å²) in [6.45, 7) is 5.47. The minimum atomic E-state index is -0.731. The van der Waals surface area contributed by atoms with E-state index in [1.165, 1.54) is 6.07 Å². The topological polar surface area (TPSA) is 115 Å². The molecule has 0 bridgehead atoms. The molecule has 0 radical (unpaired) electrons. The lowest BCUT2D eigenvalue weighted by Gasteiger charge is -2.20. The summed E-state index contributed by atoms with van der Waals surface area (Å²) in [4.78, 5) is 11.9. The molecule has 1 atom stereocenters. The maximum absolute atomic E-state index is 14.3. The number of primary amides is 1. The first kappa shape index (κ1) is 20.5. The van der Waals surface area contributed by atoms with Gasteiger partial charge in [-0.25, -0.2) is 4.39 Å². The molecule has 8 heteroatoms. The van der Waals surface area contributed by atoms with Gasteiger partial charge in [-0.3, -0.25) is 4.79 Å². The summed E-state index contributed by atoms with van der Waals surface area (Å²) in [6, 6.07) is 3.62. The number of benzene rings is 1. The van der Waals surface area contributed by atoms with Crippen molar-refractivity contribution in [2.24, 2.45) is 11.7 Å². The molecule has 0 aliphatic carbocycles. The Morgan fingerprint density at radius 1 is 1.44 bits per heavy atom. The van der Waals surface area contributed by atoms with Crippen LogP contribution in [0, 0.1) is 28.5 Å². The second kappa shape index (κ2) is 9.08. The number of rotatable bonds is 8. The van der Waals surface area contributed by atoms with Gasteiger partial charge < -0.3 is 21.8 Å². The van der Waals surface area contributed by atoms with E-state index in [2.05, 4.69) is 10.6 Å². The van der Waals surface area contributed by atoms with Crippen LogP contribution in [0.2, 0.25) is 0 Å². The highest BCUT2D eigenvalue weighted by Crippen LogP contribution is 2.26. The molecule has 25 heavy (non-hydrogen) atoms. The maximum Gasteiger partial charge on any atom is 0.239 e. The molecule has 5 N–H and O–H groups in total. The fourth-order valence-electron chi connectivity index (χ4n) is 2.22. The second-order valence-electron chi connectivity index (χ2n) is 6.22. The lowest BCUT2D eigenvalue weighted by atomic mass is 10.0. The van der Waals surface area contributed by atoms with Gasteiger partial charge in [-0.2, -0.15) is 5.26 Å². The van der Waals surface area contributed by atoms with E-state index in [-0.39, 0.29) is 23.6 Å². The molecule has 1 rings (SSSR count). The Labute approximate surface area is 152 Å². The largest absolute Gasteiger partial charge is 0.371 e. The van der Waals surface area contributed by atoms with Gasteiger partial charge in [0, 0.05) is 12.1 Å². The van der Waals surface area contributed by atoms with Crippen molar-refractivity contribution < 1.29 is 9.18 Å². The highest BCUT2D eigenvalue weighted by Gasteiger charge is 2.20. The zero-order chi connectivity index (χ0) is 19.1. The van der Waals surface area contributed by atoms with Crippen molar-refractivity contribution in [3.63, 3.8) is 0 Å². The lowest BCUT2D eigenvalue weighted by molar-refractivity contribution is -0.119. The fourth-order valence-corrected chi connectivity index (χ4v) is 2.55. The zero-order valence-corrected chi connectivity index (χ0v) is 15.3. The number of amides is 1. The minimum Gasteiger partial charge on any atom is -0.371 e. The summed E-state index contributed by atoms with van der Waals surface area (Å²) < 4.78 is 14.3. The van der Waals surface area contributed by atoms with Gasteiger partial charge in [-0.15, -0.1) is 0 Å². The molecular weight excluding hydrogens is 341 g/mol. The molecule has 0 aliphatic rings. The number of nitrogens with two attached hydrogens (primary N) is 1. The average Bonchev–Trinajstić information content (AvgIpc) is 2.47. The van der Waals surface area contributed by atoms with Crippen molar-refractivity contribution in [3.8, 4) is 6.07 Å². The van der Waals surface area contributed by atoms with E-state index < -0.39 is 17.8 Å². The molecule has 6 nitrogen and oxygen atoms in total. The van der Waals surface area contributed by atoms with Gasteiger partial charge in [0.25, 0.3) is 0 Å². The molecule has 0 saturated heterocycles. The third kappa shape index (κ3) is 6.47. The summed E-state index contributed by atoms with van der Waals surface area (Å²) in [5.41, 5.74) is 6.18. The van der Waals surface area contributed by atoms with E-state index in [1.807, 2.05) is 19.9 Å². The predicted molar refractivity (Wildman–Crippen MR) is 101 cm³/mol. The Hall–Kier alpha value is -2.53.